The Morgan fingerprint density at radius 1 is 0.882 bits per heavy atom. The number of carbonyl (C=O) groups is 2. The SMILES string of the molecule is CN1[C@@H]2CC[C@H]1CC(Nc1ccc(-c3ccc4c(ccn4C)c3)cc1)C2.O=C(O)/C=C/C(=O)O. The lowest BCUT2D eigenvalue weighted by atomic mass is 9.97. The Labute approximate surface area is 199 Å². The van der Waals surface area contributed by atoms with E-state index in [-0.39, 0.29) is 0 Å². The Kier molecular flexibility index (Phi) is 7.03. The second kappa shape index (κ2) is 10.1. The van der Waals surface area contributed by atoms with Crippen molar-refractivity contribution in [2.24, 2.45) is 7.05 Å². The minimum atomic E-state index is -1.26. The van der Waals surface area contributed by atoms with E-state index in [1.165, 1.54) is 53.4 Å². The number of carboxylic acid groups (broad SMARTS) is 2. The summed E-state index contributed by atoms with van der Waals surface area (Å²) in [5.74, 6) is -2.51. The minimum Gasteiger partial charge on any atom is -0.478 e. The van der Waals surface area contributed by atoms with E-state index in [1.807, 2.05) is 0 Å². The molecule has 2 aromatic carbocycles. The minimum absolute atomic E-state index is 0.558. The molecule has 3 heterocycles. The van der Waals surface area contributed by atoms with E-state index in [4.69, 9.17) is 10.2 Å². The fraction of sp³-hybridized carbons (Fsp3) is 0.333. The number of nitrogens with one attached hydrogen (secondary N) is 1. The van der Waals surface area contributed by atoms with Gasteiger partial charge < -0.3 is 25.0 Å². The average molecular weight is 462 g/mol. The molecular weight excluding hydrogens is 430 g/mol. The Bertz CT molecular complexity index is 1170. The molecule has 2 aliphatic heterocycles. The van der Waals surface area contributed by atoms with Crippen molar-refractivity contribution in [3.05, 3.63) is 66.9 Å². The number of piperidine rings is 1. The molecule has 7 nitrogen and oxygen atoms in total. The first kappa shape index (κ1) is 23.6. The van der Waals surface area contributed by atoms with E-state index >= 15 is 0 Å². The van der Waals surface area contributed by atoms with Crippen molar-refractivity contribution < 1.29 is 19.8 Å². The number of benzene rings is 2. The highest BCUT2D eigenvalue weighted by Crippen LogP contribution is 2.35. The smallest absolute Gasteiger partial charge is 0.328 e. The van der Waals surface area contributed by atoms with Crippen LogP contribution in [0.3, 0.4) is 0 Å². The first-order valence-electron chi connectivity index (χ1n) is 11.6. The molecule has 3 aromatic rings. The van der Waals surface area contributed by atoms with Crippen LogP contribution in [0, 0.1) is 0 Å². The van der Waals surface area contributed by atoms with Crippen molar-refractivity contribution in [3.63, 3.8) is 0 Å². The number of hydrogen-bond acceptors (Lipinski definition) is 4. The predicted octanol–water partition coefficient (Wildman–Crippen LogP) is 4.59. The predicted molar refractivity (Wildman–Crippen MR) is 134 cm³/mol. The van der Waals surface area contributed by atoms with E-state index in [9.17, 15) is 9.59 Å². The summed E-state index contributed by atoms with van der Waals surface area (Å²) < 4.78 is 2.17. The number of anilines is 1. The number of hydrogen-bond donors (Lipinski definition) is 3. The molecule has 5 rings (SSSR count). The second-order valence-corrected chi connectivity index (χ2v) is 9.15. The van der Waals surface area contributed by atoms with Gasteiger partial charge in [-0.1, -0.05) is 18.2 Å². The molecule has 0 aliphatic carbocycles. The van der Waals surface area contributed by atoms with Gasteiger partial charge in [0, 0.05) is 60.1 Å². The van der Waals surface area contributed by atoms with Crippen LogP contribution in [-0.2, 0) is 16.6 Å². The largest absolute Gasteiger partial charge is 0.478 e. The van der Waals surface area contributed by atoms with E-state index < -0.39 is 11.9 Å². The monoisotopic (exact) mass is 461 g/mol. The van der Waals surface area contributed by atoms with Gasteiger partial charge in [-0.05, 0) is 74.2 Å². The highest BCUT2D eigenvalue weighted by Gasteiger charge is 2.38. The fourth-order valence-corrected chi connectivity index (χ4v) is 5.13. The molecule has 0 spiro atoms. The van der Waals surface area contributed by atoms with Crippen LogP contribution in [0.15, 0.2) is 66.9 Å². The zero-order chi connectivity index (χ0) is 24.2. The summed E-state index contributed by atoms with van der Waals surface area (Å²) in [7, 11) is 4.40. The second-order valence-electron chi connectivity index (χ2n) is 9.15. The van der Waals surface area contributed by atoms with Crippen LogP contribution < -0.4 is 5.32 Å². The molecule has 3 N–H and O–H groups in total. The lowest BCUT2D eigenvalue weighted by Gasteiger charge is -2.37. The number of fused-ring (bicyclic) bond motifs is 3. The lowest BCUT2D eigenvalue weighted by Crippen LogP contribution is -2.44. The quantitative estimate of drug-likeness (QED) is 0.481. The van der Waals surface area contributed by atoms with Gasteiger partial charge in [-0.25, -0.2) is 9.59 Å². The highest BCUT2D eigenvalue weighted by molar-refractivity contribution is 5.89. The summed E-state index contributed by atoms with van der Waals surface area (Å²) in [6.07, 6.45) is 8.54. The molecule has 2 bridgehead atoms. The van der Waals surface area contributed by atoms with Crippen molar-refractivity contribution in [2.45, 2.75) is 43.8 Å². The lowest BCUT2D eigenvalue weighted by molar-refractivity contribution is -0.134. The number of carboxylic acids is 2. The summed E-state index contributed by atoms with van der Waals surface area (Å²) in [5, 5.41) is 20.7. The Morgan fingerprint density at radius 2 is 1.47 bits per heavy atom. The topological polar surface area (TPSA) is 94.8 Å². The van der Waals surface area contributed by atoms with Crippen LogP contribution in [0.5, 0.6) is 0 Å². The van der Waals surface area contributed by atoms with Crippen molar-refractivity contribution in [2.75, 3.05) is 12.4 Å². The third-order valence-electron chi connectivity index (χ3n) is 6.94. The molecule has 34 heavy (non-hydrogen) atoms. The fourth-order valence-electron chi connectivity index (χ4n) is 5.13. The molecule has 0 radical (unpaired) electrons. The third-order valence-corrected chi connectivity index (χ3v) is 6.94. The van der Waals surface area contributed by atoms with Crippen molar-refractivity contribution in [1.29, 1.82) is 0 Å². The molecule has 3 atom stereocenters. The van der Waals surface area contributed by atoms with Crippen molar-refractivity contribution in [3.8, 4) is 11.1 Å². The van der Waals surface area contributed by atoms with Gasteiger partial charge in [-0.3, -0.25) is 0 Å². The van der Waals surface area contributed by atoms with Crippen LogP contribution in [0.2, 0.25) is 0 Å². The van der Waals surface area contributed by atoms with E-state index in [2.05, 4.69) is 83.6 Å². The molecule has 7 heteroatoms. The molecule has 2 fully saturated rings. The van der Waals surface area contributed by atoms with Crippen LogP contribution in [-0.4, -0.2) is 56.8 Å². The molecule has 0 saturated carbocycles. The first-order chi connectivity index (χ1) is 16.3. The number of nitrogens with zero attached hydrogens (tertiary/aromatic N) is 2. The normalized spacial score (nSPS) is 21.9. The van der Waals surface area contributed by atoms with E-state index in [0.717, 1.165) is 12.1 Å². The molecule has 178 valence electrons. The van der Waals surface area contributed by atoms with Crippen molar-refractivity contribution >= 4 is 28.5 Å². The standard InChI is InChI=1S/C23H27N3.C4H4O4/c1-25-12-11-18-13-17(5-10-23(18)25)16-3-6-19(7-4-16)24-20-14-21-8-9-22(15-20)26(21)2;5-3(6)1-2-4(7)8/h3-7,10-13,20-22,24H,8-9,14-15H2,1-2H3;1-2H,(H,5,6)(H,7,8)/b;2-1+/t20?,21-,22+;. The molecule has 0 amide bonds. The molecule has 2 aliphatic rings. The zero-order valence-electron chi connectivity index (χ0n) is 19.5. The molecule has 1 aromatic heterocycles. The molecule has 2 saturated heterocycles. The van der Waals surface area contributed by atoms with Gasteiger partial charge in [0.2, 0.25) is 0 Å². The first-order valence-corrected chi connectivity index (χ1v) is 11.6. The zero-order valence-corrected chi connectivity index (χ0v) is 19.5. The average Bonchev–Trinajstić information content (AvgIpc) is 3.26. The van der Waals surface area contributed by atoms with E-state index in [1.54, 1.807) is 0 Å². The highest BCUT2D eigenvalue weighted by atomic mass is 16.4. The van der Waals surface area contributed by atoms with Crippen molar-refractivity contribution in [1.82, 2.24) is 9.47 Å². The maximum absolute atomic E-state index is 9.55. The van der Waals surface area contributed by atoms with Crippen LogP contribution in [0.4, 0.5) is 5.69 Å². The van der Waals surface area contributed by atoms with Crippen LogP contribution >= 0.6 is 0 Å². The maximum Gasteiger partial charge on any atom is 0.328 e. The molecular formula is C27H31N3O4. The summed E-state index contributed by atoms with van der Waals surface area (Å²) in [6, 6.07) is 20.1. The van der Waals surface area contributed by atoms with Gasteiger partial charge in [0.1, 0.15) is 0 Å². The summed E-state index contributed by atoms with van der Waals surface area (Å²) in [5.41, 5.74) is 5.10. The summed E-state index contributed by atoms with van der Waals surface area (Å²) in [4.78, 5) is 21.7. The number of aryl methyl sites for hydroxylation is 1. The summed E-state index contributed by atoms with van der Waals surface area (Å²) in [6.45, 7) is 0. The maximum atomic E-state index is 9.55. The number of rotatable bonds is 5. The number of aromatic nitrogens is 1. The van der Waals surface area contributed by atoms with Gasteiger partial charge in [0.25, 0.3) is 0 Å². The van der Waals surface area contributed by atoms with Gasteiger partial charge in [-0.2, -0.15) is 0 Å². The summed E-state index contributed by atoms with van der Waals surface area (Å²) >= 11 is 0. The van der Waals surface area contributed by atoms with E-state index in [0.29, 0.717) is 18.2 Å². The number of aliphatic carboxylic acids is 2. The van der Waals surface area contributed by atoms with Gasteiger partial charge >= 0.3 is 11.9 Å². The van der Waals surface area contributed by atoms with Gasteiger partial charge in [-0.15, -0.1) is 0 Å². The van der Waals surface area contributed by atoms with Crippen LogP contribution in [0.1, 0.15) is 25.7 Å². The third kappa shape index (κ3) is 5.48. The Balaban J connectivity index is 0.000000297. The Morgan fingerprint density at radius 3 is 2.06 bits per heavy atom. The van der Waals surface area contributed by atoms with Crippen LogP contribution in [0.25, 0.3) is 22.0 Å². The Hall–Kier alpha value is -3.58. The molecule has 1 unspecified atom stereocenters. The van der Waals surface area contributed by atoms with Gasteiger partial charge in [0.05, 0.1) is 0 Å². The van der Waals surface area contributed by atoms with Gasteiger partial charge in [0.15, 0.2) is 0 Å².